The van der Waals surface area contributed by atoms with Crippen LogP contribution in [0, 0.1) is 11.3 Å². The Bertz CT molecular complexity index is 400. The minimum Gasteiger partial charge on any atom is -0.483 e. The van der Waals surface area contributed by atoms with Gasteiger partial charge in [0.1, 0.15) is 11.6 Å². The fourth-order valence-electron chi connectivity index (χ4n) is 0.973. The molecule has 0 saturated heterocycles. The zero-order valence-electron chi connectivity index (χ0n) is 8.55. The molecule has 0 fully saturated rings. The maximum Gasteiger partial charge on any atom is 0.194 e. The summed E-state index contributed by atoms with van der Waals surface area (Å²) in [6.45, 7) is 6.54. The van der Waals surface area contributed by atoms with Gasteiger partial charge in [-0.3, -0.25) is 4.68 Å². The Morgan fingerprint density at radius 2 is 2.60 bits per heavy atom. The molecule has 1 heterocycles. The average molecular weight is 204 g/mol. The standard InChI is InChI=1S/C10H12N4O/c1-3-5-14-7-9(6-11)10(13-14)12-8-15-4-2/h3,7-8H,1,4-5H2,2H3. The highest BCUT2D eigenvalue weighted by atomic mass is 16.5. The summed E-state index contributed by atoms with van der Waals surface area (Å²) in [7, 11) is 0. The molecule has 1 aromatic rings. The van der Waals surface area contributed by atoms with Crippen molar-refractivity contribution in [2.24, 2.45) is 4.99 Å². The first-order valence-electron chi connectivity index (χ1n) is 4.54. The first-order chi connectivity index (χ1) is 7.31. The molecule has 0 N–H and O–H groups in total. The van der Waals surface area contributed by atoms with Gasteiger partial charge in [0.2, 0.25) is 0 Å². The molecule has 1 aromatic heterocycles. The molecule has 0 saturated carbocycles. The Balaban J connectivity index is 2.86. The van der Waals surface area contributed by atoms with Gasteiger partial charge in [0, 0.05) is 6.20 Å². The van der Waals surface area contributed by atoms with Crippen molar-refractivity contribution < 1.29 is 4.74 Å². The molecule has 0 atom stereocenters. The zero-order valence-corrected chi connectivity index (χ0v) is 8.55. The van der Waals surface area contributed by atoms with Crippen LogP contribution in [-0.2, 0) is 11.3 Å². The fourth-order valence-corrected chi connectivity index (χ4v) is 0.973. The van der Waals surface area contributed by atoms with Gasteiger partial charge in [-0.15, -0.1) is 6.58 Å². The molecule has 15 heavy (non-hydrogen) atoms. The van der Waals surface area contributed by atoms with Gasteiger partial charge < -0.3 is 4.74 Å². The lowest BCUT2D eigenvalue weighted by Crippen LogP contribution is -1.94. The van der Waals surface area contributed by atoms with Crippen LogP contribution in [0.25, 0.3) is 0 Å². The van der Waals surface area contributed by atoms with Crippen LogP contribution in [0.3, 0.4) is 0 Å². The van der Waals surface area contributed by atoms with Crippen LogP contribution in [0.5, 0.6) is 0 Å². The van der Waals surface area contributed by atoms with Crippen molar-refractivity contribution in [1.29, 1.82) is 5.26 Å². The molecule has 1 rings (SSSR count). The van der Waals surface area contributed by atoms with Crippen molar-refractivity contribution in [2.75, 3.05) is 6.61 Å². The highest BCUT2D eigenvalue weighted by Crippen LogP contribution is 2.14. The van der Waals surface area contributed by atoms with E-state index in [4.69, 9.17) is 10.00 Å². The molecule has 0 aliphatic rings. The lowest BCUT2D eigenvalue weighted by Gasteiger charge is -1.92. The number of nitriles is 1. The Labute approximate surface area is 88.3 Å². The van der Waals surface area contributed by atoms with Crippen molar-refractivity contribution in [2.45, 2.75) is 13.5 Å². The van der Waals surface area contributed by atoms with E-state index in [0.29, 0.717) is 24.5 Å². The van der Waals surface area contributed by atoms with Gasteiger partial charge in [-0.2, -0.15) is 15.4 Å². The summed E-state index contributed by atoms with van der Waals surface area (Å²) in [5.74, 6) is 0.368. The Hall–Kier alpha value is -2.09. The number of aliphatic imine (C=N–C) groups is 1. The molecule has 5 heteroatoms. The molecular weight excluding hydrogens is 192 g/mol. The van der Waals surface area contributed by atoms with E-state index in [9.17, 15) is 0 Å². The predicted molar refractivity (Wildman–Crippen MR) is 56.9 cm³/mol. The number of ether oxygens (including phenoxy) is 1. The first kappa shape index (κ1) is 11.0. The summed E-state index contributed by atoms with van der Waals surface area (Å²) in [6, 6.07) is 2.01. The third kappa shape index (κ3) is 2.95. The van der Waals surface area contributed by atoms with Crippen LogP contribution in [0.2, 0.25) is 0 Å². The van der Waals surface area contributed by atoms with E-state index in [1.165, 1.54) is 6.40 Å². The van der Waals surface area contributed by atoms with Crippen molar-refractivity contribution in [1.82, 2.24) is 9.78 Å². The molecule has 0 spiro atoms. The summed E-state index contributed by atoms with van der Waals surface area (Å²) >= 11 is 0. The second-order valence-electron chi connectivity index (χ2n) is 2.68. The molecule has 0 aliphatic heterocycles. The molecule has 0 amide bonds. The molecule has 5 nitrogen and oxygen atoms in total. The molecule has 0 unspecified atom stereocenters. The van der Waals surface area contributed by atoms with E-state index in [2.05, 4.69) is 16.7 Å². The van der Waals surface area contributed by atoms with Gasteiger partial charge in [0.05, 0.1) is 13.2 Å². The highest BCUT2D eigenvalue weighted by Gasteiger charge is 2.05. The molecule has 78 valence electrons. The van der Waals surface area contributed by atoms with Gasteiger partial charge in [0.15, 0.2) is 12.2 Å². The van der Waals surface area contributed by atoms with Gasteiger partial charge in [0.25, 0.3) is 0 Å². The molecule has 0 aromatic carbocycles. The quantitative estimate of drug-likeness (QED) is 0.416. The third-order valence-electron chi connectivity index (χ3n) is 1.59. The summed E-state index contributed by atoms with van der Waals surface area (Å²) in [6.07, 6.45) is 4.62. The minimum absolute atomic E-state index is 0.368. The molecular formula is C10H12N4O. The first-order valence-corrected chi connectivity index (χ1v) is 4.54. The van der Waals surface area contributed by atoms with E-state index in [-0.39, 0.29) is 0 Å². The normalized spacial score (nSPS) is 10.1. The van der Waals surface area contributed by atoms with E-state index in [0.717, 1.165) is 0 Å². The lowest BCUT2D eigenvalue weighted by molar-refractivity contribution is 0.344. The topological polar surface area (TPSA) is 63.2 Å². The van der Waals surface area contributed by atoms with Crippen molar-refractivity contribution in [3.05, 3.63) is 24.4 Å². The Morgan fingerprint density at radius 1 is 1.80 bits per heavy atom. The second kappa shape index (κ2) is 5.60. The summed E-state index contributed by atoms with van der Waals surface area (Å²) in [5, 5.41) is 12.9. The van der Waals surface area contributed by atoms with Crippen molar-refractivity contribution in [3.8, 4) is 6.07 Å². The number of hydrogen-bond donors (Lipinski definition) is 0. The van der Waals surface area contributed by atoms with E-state index in [1.807, 2.05) is 13.0 Å². The molecule has 0 radical (unpaired) electrons. The lowest BCUT2D eigenvalue weighted by atomic mass is 10.4. The fraction of sp³-hybridized carbons (Fsp3) is 0.300. The third-order valence-corrected chi connectivity index (χ3v) is 1.59. The highest BCUT2D eigenvalue weighted by molar-refractivity contribution is 5.57. The van der Waals surface area contributed by atoms with Crippen LogP contribution in [0.15, 0.2) is 23.8 Å². The average Bonchev–Trinajstić information content (AvgIpc) is 2.62. The van der Waals surface area contributed by atoms with E-state index < -0.39 is 0 Å². The monoisotopic (exact) mass is 204 g/mol. The van der Waals surface area contributed by atoms with E-state index in [1.54, 1.807) is 17.0 Å². The molecule has 0 bridgehead atoms. The predicted octanol–water partition coefficient (Wildman–Crippen LogP) is 1.64. The summed E-state index contributed by atoms with van der Waals surface area (Å²) in [4.78, 5) is 3.93. The van der Waals surface area contributed by atoms with Gasteiger partial charge >= 0.3 is 0 Å². The second-order valence-corrected chi connectivity index (χ2v) is 2.68. The van der Waals surface area contributed by atoms with Crippen LogP contribution < -0.4 is 0 Å². The van der Waals surface area contributed by atoms with Gasteiger partial charge in [-0.25, -0.2) is 0 Å². The van der Waals surface area contributed by atoms with Gasteiger partial charge in [-0.1, -0.05) is 6.08 Å². The van der Waals surface area contributed by atoms with Gasteiger partial charge in [-0.05, 0) is 6.92 Å². The molecule has 0 aliphatic carbocycles. The number of hydrogen-bond acceptors (Lipinski definition) is 4. The van der Waals surface area contributed by atoms with Crippen molar-refractivity contribution in [3.63, 3.8) is 0 Å². The summed E-state index contributed by atoms with van der Waals surface area (Å²) < 4.78 is 6.54. The largest absolute Gasteiger partial charge is 0.483 e. The van der Waals surface area contributed by atoms with Crippen LogP contribution in [-0.4, -0.2) is 22.8 Å². The van der Waals surface area contributed by atoms with Crippen LogP contribution in [0.4, 0.5) is 5.82 Å². The number of rotatable bonds is 5. The maximum absolute atomic E-state index is 8.81. The minimum atomic E-state index is 0.368. The Kier molecular flexibility index (Phi) is 4.10. The van der Waals surface area contributed by atoms with Crippen LogP contribution in [0.1, 0.15) is 12.5 Å². The zero-order chi connectivity index (χ0) is 11.1. The number of nitrogens with zero attached hydrogens (tertiary/aromatic N) is 4. The van der Waals surface area contributed by atoms with Crippen molar-refractivity contribution >= 4 is 12.2 Å². The Morgan fingerprint density at radius 3 is 3.20 bits per heavy atom. The smallest absolute Gasteiger partial charge is 0.194 e. The van der Waals surface area contributed by atoms with Crippen LogP contribution >= 0.6 is 0 Å². The number of aromatic nitrogens is 2. The number of allylic oxidation sites excluding steroid dienone is 1. The SMILES string of the molecule is C=CCn1cc(C#N)c(N=COCC)n1. The maximum atomic E-state index is 8.81. The van der Waals surface area contributed by atoms with E-state index >= 15 is 0 Å². The summed E-state index contributed by atoms with van der Waals surface area (Å²) in [5.41, 5.74) is 0.424.